The number of guanidine groups is 1. The molecule has 2 fully saturated rings. The van der Waals surface area contributed by atoms with Gasteiger partial charge in [0.1, 0.15) is 5.75 Å². The molecule has 2 N–H and O–H groups in total. The van der Waals surface area contributed by atoms with Crippen LogP contribution in [0.3, 0.4) is 0 Å². The Hall–Kier alpha value is -1.55. The van der Waals surface area contributed by atoms with Crippen LogP contribution in [0.25, 0.3) is 0 Å². The number of halogens is 1. The number of amides is 1. The van der Waals surface area contributed by atoms with Gasteiger partial charge in [-0.15, -0.1) is 24.0 Å². The Balaban J connectivity index is 0.00000341. The van der Waals surface area contributed by atoms with Gasteiger partial charge in [-0.2, -0.15) is 0 Å². The first-order chi connectivity index (χ1) is 14.7. The summed E-state index contributed by atoms with van der Waals surface area (Å²) in [6, 6.07) is 7.87. The Kier molecular flexibility index (Phi) is 11.4. The van der Waals surface area contributed by atoms with E-state index in [4.69, 9.17) is 4.74 Å². The lowest BCUT2D eigenvalue weighted by atomic mass is 10.1. The zero-order valence-corrected chi connectivity index (χ0v) is 21.3. The number of piperidine rings is 1. The molecule has 3 rings (SSSR count). The van der Waals surface area contributed by atoms with E-state index >= 15 is 0 Å². The second-order valence-corrected chi connectivity index (χ2v) is 8.25. The van der Waals surface area contributed by atoms with E-state index in [0.29, 0.717) is 18.8 Å². The van der Waals surface area contributed by atoms with Crippen LogP contribution >= 0.6 is 24.0 Å². The first-order valence-corrected chi connectivity index (χ1v) is 11.3. The molecule has 1 aromatic carbocycles. The average Bonchev–Trinajstić information content (AvgIpc) is 3.22. The number of benzene rings is 1. The first-order valence-electron chi connectivity index (χ1n) is 11.3. The monoisotopic (exact) mass is 543 g/mol. The third kappa shape index (κ3) is 8.48. The van der Waals surface area contributed by atoms with Gasteiger partial charge in [0, 0.05) is 39.8 Å². The molecular formula is C23H38IN5O2. The number of aliphatic imine (C=N–C) groups is 1. The smallest absolute Gasteiger partial charge is 0.257 e. The fourth-order valence-corrected chi connectivity index (χ4v) is 4.34. The van der Waals surface area contributed by atoms with Crippen molar-refractivity contribution in [1.82, 2.24) is 20.4 Å². The van der Waals surface area contributed by atoms with Gasteiger partial charge in [0.15, 0.2) is 12.6 Å². The second kappa shape index (κ2) is 13.8. The van der Waals surface area contributed by atoms with E-state index in [2.05, 4.69) is 31.5 Å². The molecule has 0 aliphatic carbocycles. The van der Waals surface area contributed by atoms with Gasteiger partial charge in [0.05, 0.1) is 0 Å². The van der Waals surface area contributed by atoms with Crippen LogP contribution in [0.4, 0.5) is 0 Å². The number of carbonyl (C=O) groups excluding carboxylic acids is 1. The summed E-state index contributed by atoms with van der Waals surface area (Å²) < 4.78 is 5.60. The normalized spacial score (nSPS) is 19.6. The molecular weight excluding hydrogens is 505 g/mol. The summed E-state index contributed by atoms with van der Waals surface area (Å²) in [6.07, 6.45) is 5.33. The van der Waals surface area contributed by atoms with Crippen LogP contribution in [0.1, 0.15) is 38.2 Å². The van der Waals surface area contributed by atoms with Crippen molar-refractivity contribution in [2.24, 2.45) is 10.9 Å². The molecule has 0 spiro atoms. The lowest BCUT2D eigenvalue weighted by Crippen LogP contribution is -2.41. The van der Waals surface area contributed by atoms with Crippen molar-refractivity contribution < 1.29 is 9.53 Å². The molecule has 0 radical (unpaired) electrons. The molecule has 1 atom stereocenters. The van der Waals surface area contributed by atoms with Crippen LogP contribution in [0, 0.1) is 5.92 Å². The largest absolute Gasteiger partial charge is 0.484 e. The SMILES string of the molecule is CCNC(=O)COc1cccc(CNC(=NC)N2CCC(CN3CCCCC3)C2)c1.I. The molecule has 0 saturated carbocycles. The van der Waals surface area contributed by atoms with E-state index in [0.717, 1.165) is 30.5 Å². The number of nitrogens with zero attached hydrogens (tertiary/aromatic N) is 3. The maximum absolute atomic E-state index is 11.6. The van der Waals surface area contributed by atoms with E-state index in [1.807, 2.05) is 32.2 Å². The predicted octanol–water partition coefficient (Wildman–Crippen LogP) is 2.70. The highest BCUT2D eigenvalue weighted by Crippen LogP contribution is 2.20. The van der Waals surface area contributed by atoms with Gasteiger partial charge < -0.3 is 25.2 Å². The molecule has 2 aliphatic rings. The van der Waals surface area contributed by atoms with Gasteiger partial charge in [0.25, 0.3) is 5.91 Å². The lowest BCUT2D eigenvalue weighted by Gasteiger charge is -2.29. The highest BCUT2D eigenvalue weighted by atomic mass is 127. The first kappa shape index (κ1) is 25.7. The van der Waals surface area contributed by atoms with E-state index in [9.17, 15) is 4.79 Å². The van der Waals surface area contributed by atoms with Crippen molar-refractivity contribution in [3.8, 4) is 5.75 Å². The van der Waals surface area contributed by atoms with E-state index in [1.165, 1.54) is 45.3 Å². The zero-order chi connectivity index (χ0) is 21.2. The Morgan fingerprint density at radius 3 is 2.74 bits per heavy atom. The maximum Gasteiger partial charge on any atom is 0.257 e. The van der Waals surface area contributed by atoms with Gasteiger partial charge >= 0.3 is 0 Å². The Morgan fingerprint density at radius 2 is 2.00 bits per heavy atom. The van der Waals surface area contributed by atoms with Crippen LogP contribution < -0.4 is 15.4 Å². The standard InChI is InChI=1S/C23H37N5O2.HI/c1-3-25-22(29)18-30-21-9-7-8-19(14-21)15-26-23(24-2)28-13-10-20(17-28)16-27-11-5-4-6-12-27;/h7-9,14,20H,3-6,10-13,15-18H2,1-2H3,(H,24,26)(H,25,29);1H. The Labute approximate surface area is 204 Å². The minimum Gasteiger partial charge on any atom is -0.484 e. The summed E-state index contributed by atoms with van der Waals surface area (Å²) >= 11 is 0. The number of nitrogens with one attached hydrogen (secondary N) is 2. The average molecular weight is 543 g/mol. The van der Waals surface area contributed by atoms with Gasteiger partial charge in [-0.1, -0.05) is 18.6 Å². The van der Waals surface area contributed by atoms with Gasteiger partial charge in [0.2, 0.25) is 0 Å². The highest BCUT2D eigenvalue weighted by molar-refractivity contribution is 14.0. The highest BCUT2D eigenvalue weighted by Gasteiger charge is 2.26. The summed E-state index contributed by atoms with van der Waals surface area (Å²) in [5.74, 6) is 2.30. The van der Waals surface area contributed by atoms with Crippen LogP contribution in [0.15, 0.2) is 29.3 Å². The second-order valence-electron chi connectivity index (χ2n) is 8.25. The maximum atomic E-state index is 11.6. The minimum atomic E-state index is -0.102. The van der Waals surface area contributed by atoms with E-state index in [1.54, 1.807) is 0 Å². The van der Waals surface area contributed by atoms with Crippen molar-refractivity contribution in [3.05, 3.63) is 29.8 Å². The van der Waals surface area contributed by atoms with Crippen molar-refractivity contribution in [2.75, 3.05) is 52.9 Å². The van der Waals surface area contributed by atoms with Crippen LogP contribution in [0.2, 0.25) is 0 Å². The fourth-order valence-electron chi connectivity index (χ4n) is 4.34. The lowest BCUT2D eigenvalue weighted by molar-refractivity contribution is -0.122. The molecule has 1 amide bonds. The molecule has 31 heavy (non-hydrogen) atoms. The molecule has 1 aromatic rings. The molecule has 2 saturated heterocycles. The molecule has 0 bridgehead atoms. The van der Waals surface area contributed by atoms with E-state index < -0.39 is 0 Å². The van der Waals surface area contributed by atoms with Gasteiger partial charge in [-0.3, -0.25) is 9.79 Å². The summed E-state index contributed by atoms with van der Waals surface area (Å²) in [4.78, 5) is 21.1. The topological polar surface area (TPSA) is 69.2 Å². The van der Waals surface area contributed by atoms with Gasteiger partial charge in [-0.05, 0) is 62.9 Å². The van der Waals surface area contributed by atoms with Crippen molar-refractivity contribution in [2.45, 2.75) is 39.2 Å². The minimum absolute atomic E-state index is 0. The summed E-state index contributed by atoms with van der Waals surface area (Å²) in [7, 11) is 1.85. The summed E-state index contributed by atoms with van der Waals surface area (Å²) in [6.45, 7) is 9.12. The number of rotatable bonds is 8. The summed E-state index contributed by atoms with van der Waals surface area (Å²) in [5.41, 5.74) is 1.11. The Bertz CT molecular complexity index is 709. The third-order valence-corrected chi connectivity index (χ3v) is 5.86. The number of hydrogen-bond donors (Lipinski definition) is 2. The molecule has 8 heteroatoms. The fraction of sp³-hybridized carbons (Fsp3) is 0.652. The third-order valence-electron chi connectivity index (χ3n) is 5.86. The molecule has 174 valence electrons. The molecule has 1 unspecified atom stereocenters. The zero-order valence-electron chi connectivity index (χ0n) is 18.9. The molecule has 2 aliphatic heterocycles. The number of likely N-dealkylation sites (tertiary alicyclic amines) is 2. The van der Waals surface area contributed by atoms with Crippen LogP contribution in [-0.4, -0.2) is 74.6 Å². The number of likely N-dealkylation sites (N-methyl/N-ethyl adjacent to an activating group) is 1. The predicted molar refractivity (Wildman–Crippen MR) is 136 cm³/mol. The van der Waals surface area contributed by atoms with Crippen molar-refractivity contribution in [1.29, 1.82) is 0 Å². The molecule has 2 heterocycles. The molecule has 7 nitrogen and oxygen atoms in total. The summed E-state index contributed by atoms with van der Waals surface area (Å²) in [5, 5.41) is 6.23. The number of hydrogen-bond acceptors (Lipinski definition) is 4. The quantitative estimate of drug-likeness (QED) is 0.300. The van der Waals surface area contributed by atoms with Gasteiger partial charge in [-0.25, -0.2) is 0 Å². The Morgan fingerprint density at radius 1 is 1.19 bits per heavy atom. The number of carbonyl (C=O) groups is 1. The van der Waals surface area contributed by atoms with Crippen LogP contribution in [-0.2, 0) is 11.3 Å². The van der Waals surface area contributed by atoms with Crippen molar-refractivity contribution >= 4 is 35.8 Å². The van der Waals surface area contributed by atoms with Crippen LogP contribution in [0.5, 0.6) is 5.75 Å². The molecule has 0 aromatic heterocycles. The van der Waals surface area contributed by atoms with E-state index in [-0.39, 0.29) is 36.5 Å². The van der Waals surface area contributed by atoms with Crippen molar-refractivity contribution in [3.63, 3.8) is 0 Å². The number of ether oxygens (including phenoxy) is 1.